The molecule has 0 aliphatic carbocycles. The minimum atomic E-state index is -0.0729. The van der Waals surface area contributed by atoms with E-state index in [4.69, 9.17) is 35.4 Å². The van der Waals surface area contributed by atoms with Crippen LogP contribution in [0.15, 0.2) is 42.5 Å². The molecule has 3 nitrogen and oxygen atoms in total. The maximum atomic E-state index is 11.3. The summed E-state index contributed by atoms with van der Waals surface area (Å²) >= 11 is 17.4. The highest BCUT2D eigenvalue weighted by Gasteiger charge is 2.11. The molecule has 1 atom stereocenters. The molecule has 0 heterocycles. The van der Waals surface area contributed by atoms with Crippen molar-refractivity contribution < 1.29 is 4.79 Å². The van der Waals surface area contributed by atoms with Crippen LogP contribution in [0.25, 0.3) is 0 Å². The van der Waals surface area contributed by atoms with Gasteiger partial charge in [0, 0.05) is 21.3 Å². The number of ketones is 1. The quantitative estimate of drug-likeness (QED) is 0.573. The summed E-state index contributed by atoms with van der Waals surface area (Å²) in [5.74, 6) is 0.0308. The van der Waals surface area contributed by atoms with Crippen LogP contribution >= 0.6 is 35.4 Å². The molecule has 6 heteroatoms. The van der Waals surface area contributed by atoms with E-state index in [1.54, 1.807) is 24.3 Å². The van der Waals surface area contributed by atoms with Gasteiger partial charge in [-0.25, -0.2) is 0 Å². The number of rotatable bonds is 4. The largest absolute Gasteiger partial charge is 0.356 e. The summed E-state index contributed by atoms with van der Waals surface area (Å²) in [6, 6.07) is 12.4. The summed E-state index contributed by atoms with van der Waals surface area (Å²) in [7, 11) is 0. The molecule has 0 saturated carbocycles. The Balaban J connectivity index is 1.99. The van der Waals surface area contributed by atoms with Gasteiger partial charge in [0.15, 0.2) is 10.9 Å². The summed E-state index contributed by atoms with van der Waals surface area (Å²) in [5, 5.41) is 7.90. The zero-order chi connectivity index (χ0) is 17.0. The van der Waals surface area contributed by atoms with Crippen molar-refractivity contribution >= 4 is 52.0 Å². The van der Waals surface area contributed by atoms with Gasteiger partial charge in [0.25, 0.3) is 0 Å². The molecule has 0 saturated heterocycles. The summed E-state index contributed by atoms with van der Waals surface area (Å²) in [6.07, 6.45) is 0. The average molecular weight is 367 g/mol. The number of benzene rings is 2. The van der Waals surface area contributed by atoms with E-state index in [-0.39, 0.29) is 11.8 Å². The van der Waals surface area contributed by atoms with Crippen molar-refractivity contribution in [3.8, 4) is 0 Å². The number of nitrogens with one attached hydrogen (secondary N) is 2. The van der Waals surface area contributed by atoms with E-state index in [1.165, 1.54) is 6.92 Å². The highest BCUT2D eigenvalue weighted by atomic mass is 35.5. The van der Waals surface area contributed by atoms with Gasteiger partial charge in [-0.1, -0.05) is 29.3 Å². The van der Waals surface area contributed by atoms with Crippen LogP contribution in [0.2, 0.25) is 10.0 Å². The van der Waals surface area contributed by atoms with Crippen LogP contribution in [0.3, 0.4) is 0 Å². The Bertz CT molecular complexity index is 732. The molecule has 0 radical (unpaired) electrons. The highest BCUT2D eigenvalue weighted by Crippen LogP contribution is 2.26. The van der Waals surface area contributed by atoms with Crippen LogP contribution < -0.4 is 10.6 Å². The number of carbonyl (C=O) groups excluding carboxylic acids is 1. The second-order valence-corrected chi connectivity index (χ2v) is 6.37. The second-order valence-electron chi connectivity index (χ2n) is 5.12. The lowest BCUT2D eigenvalue weighted by Gasteiger charge is -2.18. The van der Waals surface area contributed by atoms with Crippen LogP contribution in [-0.4, -0.2) is 10.9 Å². The number of anilines is 1. The normalized spacial score (nSPS) is 11.7. The lowest BCUT2D eigenvalue weighted by Crippen LogP contribution is -2.31. The Morgan fingerprint density at radius 3 is 2.35 bits per heavy atom. The standard InChI is InChI=1S/C17H16Cl2N2OS/c1-10(15-8-5-13(18)9-16(15)19)20-17(23)21-14-6-3-12(4-7-14)11(2)22/h3-10H,1-2H3,(H2,20,21,23)/t10-/m0/s1. The van der Waals surface area contributed by atoms with Crippen molar-refractivity contribution in [3.63, 3.8) is 0 Å². The molecule has 0 amide bonds. The number of halogens is 2. The molecule has 2 aromatic rings. The van der Waals surface area contributed by atoms with Crippen molar-refractivity contribution in [2.45, 2.75) is 19.9 Å². The maximum absolute atomic E-state index is 11.3. The molecule has 0 aromatic heterocycles. The Kier molecular flexibility index (Phi) is 5.99. The predicted molar refractivity (Wildman–Crippen MR) is 101 cm³/mol. The topological polar surface area (TPSA) is 41.1 Å². The monoisotopic (exact) mass is 366 g/mol. The van der Waals surface area contributed by atoms with Gasteiger partial charge >= 0.3 is 0 Å². The van der Waals surface area contributed by atoms with Gasteiger partial charge in [-0.15, -0.1) is 0 Å². The van der Waals surface area contributed by atoms with Crippen molar-refractivity contribution in [2.75, 3.05) is 5.32 Å². The predicted octanol–water partition coefficient (Wildman–Crippen LogP) is 5.24. The van der Waals surface area contributed by atoms with E-state index in [2.05, 4.69) is 10.6 Å². The number of hydrogen-bond donors (Lipinski definition) is 2. The molecule has 0 aliphatic rings. The summed E-state index contributed by atoms with van der Waals surface area (Å²) in [6.45, 7) is 3.49. The molecular weight excluding hydrogens is 351 g/mol. The van der Waals surface area contributed by atoms with Crippen LogP contribution in [-0.2, 0) is 0 Å². The molecule has 2 N–H and O–H groups in total. The molecule has 2 rings (SSSR count). The molecule has 0 fully saturated rings. The van der Waals surface area contributed by atoms with E-state index in [0.29, 0.717) is 20.7 Å². The Hall–Kier alpha value is -1.62. The lowest BCUT2D eigenvalue weighted by atomic mass is 10.1. The lowest BCUT2D eigenvalue weighted by molar-refractivity contribution is 0.101. The summed E-state index contributed by atoms with van der Waals surface area (Å²) in [5.41, 5.74) is 2.38. The van der Waals surface area contributed by atoms with Crippen LogP contribution in [0.5, 0.6) is 0 Å². The molecule has 0 unspecified atom stereocenters. The fourth-order valence-electron chi connectivity index (χ4n) is 2.08. The third kappa shape index (κ3) is 4.93. The van der Waals surface area contributed by atoms with E-state index in [0.717, 1.165) is 11.3 Å². The van der Waals surface area contributed by atoms with Gasteiger partial charge in [0.1, 0.15) is 0 Å². The minimum absolute atomic E-state index is 0.0308. The first kappa shape index (κ1) is 17.7. The summed E-state index contributed by atoms with van der Waals surface area (Å²) < 4.78 is 0. The van der Waals surface area contributed by atoms with Crippen molar-refractivity contribution in [1.82, 2.24) is 5.32 Å². The van der Waals surface area contributed by atoms with Crippen LogP contribution in [0.4, 0.5) is 5.69 Å². The highest BCUT2D eigenvalue weighted by molar-refractivity contribution is 7.80. The number of thiocarbonyl (C=S) groups is 1. The Morgan fingerprint density at radius 2 is 1.78 bits per heavy atom. The van der Waals surface area contributed by atoms with Crippen molar-refractivity contribution in [3.05, 3.63) is 63.6 Å². The van der Waals surface area contributed by atoms with Crippen molar-refractivity contribution in [1.29, 1.82) is 0 Å². The van der Waals surface area contributed by atoms with Gasteiger partial charge in [0.05, 0.1) is 6.04 Å². The van der Waals surface area contributed by atoms with E-state index in [9.17, 15) is 4.79 Å². The van der Waals surface area contributed by atoms with Crippen molar-refractivity contribution in [2.24, 2.45) is 0 Å². The van der Waals surface area contributed by atoms with E-state index >= 15 is 0 Å². The molecule has 0 spiro atoms. The van der Waals surface area contributed by atoms with Gasteiger partial charge in [-0.2, -0.15) is 0 Å². The molecule has 23 heavy (non-hydrogen) atoms. The smallest absolute Gasteiger partial charge is 0.171 e. The van der Waals surface area contributed by atoms with E-state index in [1.807, 2.05) is 25.1 Å². The third-order valence-corrected chi connectivity index (χ3v) is 4.11. The summed E-state index contributed by atoms with van der Waals surface area (Å²) in [4.78, 5) is 11.3. The molecule has 120 valence electrons. The number of hydrogen-bond acceptors (Lipinski definition) is 2. The zero-order valence-corrected chi connectivity index (χ0v) is 15.0. The third-order valence-electron chi connectivity index (χ3n) is 3.33. The Morgan fingerprint density at radius 1 is 1.13 bits per heavy atom. The SMILES string of the molecule is CC(=O)c1ccc(NC(=S)N[C@@H](C)c2ccc(Cl)cc2Cl)cc1. The molecule has 0 aliphatic heterocycles. The first-order chi connectivity index (χ1) is 10.9. The average Bonchev–Trinajstić information content (AvgIpc) is 2.47. The zero-order valence-electron chi connectivity index (χ0n) is 12.7. The van der Waals surface area contributed by atoms with E-state index < -0.39 is 0 Å². The molecule has 2 aromatic carbocycles. The minimum Gasteiger partial charge on any atom is -0.356 e. The first-order valence-electron chi connectivity index (χ1n) is 7.00. The second kappa shape index (κ2) is 7.77. The van der Waals surface area contributed by atoms with Gasteiger partial charge in [-0.3, -0.25) is 4.79 Å². The number of carbonyl (C=O) groups is 1. The maximum Gasteiger partial charge on any atom is 0.171 e. The van der Waals surface area contributed by atoms with Gasteiger partial charge in [0.2, 0.25) is 0 Å². The molecule has 0 bridgehead atoms. The van der Waals surface area contributed by atoms with Gasteiger partial charge in [-0.05, 0) is 68.0 Å². The first-order valence-corrected chi connectivity index (χ1v) is 8.16. The Labute approximate surface area is 151 Å². The molecular formula is C17H16Cl2N2OS. The van der Waals surface area contributed by atoms with Crippen LogP contribution in [0.1, 0.15) is 35.8 Å². The van der Waals surface area contributed by atoms with Gasteiger partial charge < -0.3 is 10.6 Å². The number of Topliss-reactive ketones (excluding diaryl/α,β-unsaturated/α-hetero) is 1. The van der Waals surface area contributed by atoms with Crippen LogP contribution in [0, 0.1) is 0 Å². The fourth-order valence-corrected chi connectivity index (χ4v) is 2.95. The fraction of sp³-hybridized carbons (Fsp3) is 0.176.